The lowest BCUT2D eigenvalue weighted by atomic mass is 10.1. The van der Waals surface area contributed by atoms with Crippen LogP contribution in [0.1, 0.15) is 25.5 Å². The van der Waals surface area contributed by atoms with Crippen LogP contribution in [0, 0.1) is 0 Å². The first-order chi connectivity index (χ1) is 10.4. The van der Waals surface area contributed by atoms with Gasteiger partial charge in [-0.1, -0.05) is 30.3 Å². The van der Waals surface area contributed by atoms with Gasteiger partial charge in [0.1, 0.15) is 23.8 Å². The van der Waals surface area contributed by atoms with Crippen LogP contribution in [0.4, 0.5) is 0 Å². The minimum atomic E-state index is 0.0438. The quantitative estimate of drug-likeness (QED) is 0.723. The number of hydrogen-bond acceptors (Lipinski definition) is 4. The first kappa shape index (κ1) is 12.5. The number of ether oxygens (including phenoxy) is 1. The van der Waals surface area contributed by atoms with Crippen LogP contribution in [0.5, 0.6) is 0 Å². The molecular formula is C16H16N4O. The van der Waals surface area contributed by atoms with Crippen molar-refractivity contribution in [3.05, 3.63) is 43.0 Å². The molecule has 21 heavy (non-hydrogen) atoms. The first-order valence-electron chi connectivity index (χ1n) is 7.28. The van der Waals surface area contributed by atoms with Crippen LogP contribution in [0.25, 0.3) is 22.4 Å². The molecule has 1 aliphatic rings. The van der Waals surface area contributed by atoms with Crippen molar-refractivity contribution in [2.24, 2.45) is 0 Å². The molecule has 5 heteroatoms. The summed E-state index contributed by atoms with van der Waals surface area (Å²) in [5.74, 6) is 0. The topological polar surface area (TPSA) is 52.8 Å². The molecule has 1 unspecified atom stereocenters. The van der Waals surface area contributed by atoms with Gasteiger partial charge in [-0.2, -0.15) is 0 Å². The highest BCUT2D eigenvalue weighted by atomic mass is 16.5. The lowest BCUT2D eigenvalue weighted by Crippen LogP contribution is -2.17. The summed E-state index contributed by atoms with van der Waals surface area (Å²) in [6.45, 7) is 0.807. The fraction of sp³-hybridized carbons (Fsp3) is 0.312. The van der Waals surface area contributed by atoms with Crippen molar-refractivity contribution < 1.29 is 4.74 Å². The largest absolute Gasteiger partial charge is 0.358 e. The molecule has 0 aliphatic carbocycles. The van der Waals surface area contributed by atoms with E-state index in [-0.39, 0.29) is 6.23 Å². The summed E-state index contributed by atoms with van der Waals surface area (Å²) >= 11 is 0. The van der Waals surface area contributed by atoms with Gasteiger partial charge in [0.15, 0.2) is 5.65 Å². The zero-order valence-corrected chi connectivity index (χ0v) is 11.6. The van der Waals surface area contributed by atoms with Crippen molar-refractivity contribution in [3.8, 4) is 11.3 Å². The smallest absolute Gasteiger partial charge is 0.165 e. The Kier molecular flexibility index (Phi) is 3.12. The zero-order valence-electron chi connectivity index (χ0n) is 11.6. The molecule has 5 nitrogen and oxygen atoms in total. The Morgan fingerprint density at radius 1 is 1.05 bits per heavy atom. The normalized spacial score (nSPS) is 19.0. The fourth-order valence-corrected chi connectivity index (χ4v) is 2.81. The van der Waals surface area contributed by atoms with Crippen molar-refractivity contribution in [2.75, 3.05) is 6.61 Å². The van der Waals surface area contributed by atoms with Crippen LogP contribution in [0.2, 0.25) is 0 Å². The first-order valence-corrected chi connectivity index (χ1v) is 7.28. The van der Waals surface area contributed by atoms with E-state index in [2.05, 4.69) is 15.0 Å². The lowest BCUT2D eigenvalue weighted by Gasteiger charge is -2.23. The van der Waals surface area contributed by atoms with Gasteiger partial charge >= 0.3 is 0 Å². The molecule has 1 aromatic carbocycles. The molecule has 0 saturated carbocycles. The number of benzene rings is 1. The maximum atomic E-state index is 5.84. The lowest BCUT2D eigenvalue weighted by molar-refractivity contribution is -0.0298. The predicted molar refractivity (Wildman–Crippen MR) is 79.6 cm³/mol. The summed E-state index contributed by atoms with van der Waals surface area (Å²) in [4.78, 5) is 13.3. The van der Waals surface area contributed by atoms with Crippen LogP contribution in [-0.4, -0.2) is 26.1 Å². The molecule has 0 N–H and O–H groups in total. The van der Waals surface area contributed by atoms with Gasteiger partial charge in [0, 0.05) is 12.2 Å². The highest BCUT2D eigenvalue weighted by molar-refractivity contribution is 5.86. The Morgan fingerprint density at radius 2 is 1.95 bits per heavy atom. The summed E-state index contributed by atoms with van der Waals surface area (Å²) in [6, 6.07) is 10.1. The van der Waals surface area contributed by atoms with E-state index < -0.39 is 0 Å². The van der Waals surface area contributed by atoms with Crippen molar-refractivity contribution in [1.29, 1.82) is 0 Å². The van der Waals surface area contributed by atoms with Crippen LogP contribution in [0.15, 0.2) is 43.0 Å². The van der Waals surface area contributed by atoms with E-state index in [0.717, 1.165) is 41.9 Å². The van der Waals surface area contributed by atoms with Gasteiger partial charge < -0.3 is 4.74 Å². The third-order valence-corrected chi connectivity index (χ3v) is 3.87. The minimum Gasteiger partial charge on any atom is -0.358 e. The Morgan fingerprint density at radius 3 is 2.76 bits per heavy atom. The van der Waals surface area contributed by atoms with E-state index >= 15 is 0 Å². The second-order valence-electron chi connectivity index (χ2n) is 5.23. The van der Waals surface area contributed by atoms with Gasteiger partial charge in [-0.15, -0.1) is 0 Å². The Balaban J connectivity index is 1.83. The number of nitrogens with zero attached hydrogens (tertiary/aromatic N) is 4. The van der Waals surface area contributed by atoms with Crippen molar-refractivity contribution in [2.45, 2.75) is 25.5 Å². The predicted octanol–water partition coefficient (Wildman–Crippen LogP) is 3.19. The molecular weight excluding hydrogens is 264 g/mol. The molecule has 0 bridgehead atoms. The molecule has 0 amide bonds. The average molecular weight is 280 g/mol. The van der Waals surface area contributed by atoms with Crippen LogP contribution in [-0.2, 0) is 4.74 Å². The second-order valence-corrected chi connectivity index (χ2v) is 5.23. The third-order valence-electron chi connectivity index (χ3n) is 3.87. The molecule has 1 saturated heterocycles. The monoisotopic (exact) mass is 280 g/mol. The number of fused-ring (bicyclic) bond motifs is 1. The van der Waals surface area contributed by atoms with E-state index in [9.17, 15) is 0 Å². The van der Waals surface area contributed by atoms with E-state index in [1.165, 1.54) is 6.42 Å². The molecule has 1 fully saturated rings. The molecule has 2 aromatic heterocycles. The van der Waals surface area contributed by atoms with Gasteiger partial charge in [-0.3, -0.25) is 4.57 Å². The number of aromatic nitrogens is 4. The summed E-state index contributed by atoms with van der Waals surface area (Å²) < 4.78 is 7.87. The highest BCUT2D eigenvalue weighted by Crippen LogP contribution is 2.29. The van der Waals surface area contributed by atoms with E-state index in [1.54, 1.807) is 6.33 Å². The SMILES string of the molecule is c1ccc(-c2ncnc3c2ncn3C2CCCCO2)cc1. The molecule has 3 aromatic rings. The van der Waals surface area contributed by atoms with Crippen LogP contribution >= 0.6 is 0 Å². The summed E-state index contributed by atoms with van der Waals surface area (Å²) in [7, 11) is 0. The fourth-order valence-electron chi connectivity index (χ4n) is 2.81. The van der Waals surface area contributed by atoms with Crippen molar-refractivity contribution in [1.82, 2.24) is 19.5 Å². The Labute approximate surface area is 122 Å². The molecule has 1 aliphatic heterocycles. The van der Waals surface area contributed by atoms with Crippen LogP contribution in [0.3, 0.4) is 0 Å². The number of imidazole rings is 1. The van der Waals surface area contributed by atoms with Gasteiger partial charge in [0.05, 0.1) is 6.33 Å². The molecule has 3 heterocycles. The Bertz CT molecular complexity index is 747. The summed E-state index contributed by atoms with van der Waals surface area (Å²) in [5, 5.41) is 0. The third kappa shape index (κ3) is 2.19. The minimum absolute atomic E-state index is 0.0438. The van der Waals surface area contributed by atoms with E-state index in [1.807, 2.05) is 41.2 Å². The maximum absolute atomic E-state index is 5.84. The number of rotatable bonds is 2. The summed E-state index contributed by atoms with van der Waals surface area (Å²) in [5.41, 5.74) is 3.60. The molecule has 0 spiro atoms. The van der Waals surface area contributed by atoms with Gasteiger partial charge in [-0.05, 0) is 19.3 Å². The average Bonchev–Trinajstić information content (AvgIpc) is 3.00. The standard InChI is InChI=1S/C16H16N4O/c1-2-6-12(7-3-1)14-15-16(18-10-17-14)20(11-19-15)13-8-4-5-9-21-13/h1-3,6-7,10-11,13H,4-5,8-9H2. The highest BCUT2D eigenvalue weighted by Gasteiger charge is 2.20. The molecule has 106 valence electrons. The van der Waals surface area contributed by atoms with Crippen molar-refractivity contribution in [3.63, 3.8) is 0 Å². The van der Waals surface area contributed by atoms with Crippen LogP contribution < -0.4 is 0 Å². The molecule has 1 atom stereocenters. The second kappa shape index (κ2) is 5.26. The van der Waals surface area contributed by atoms with E-state index in [4.69, 9.17) is 4.74 Å². The Hall–Kier alpha value is -2.27. The van der Waals surface area contributed by atoms with Gasteiger partial charge in [0.2, 0.25) is 0 Å². The zero-order chi connectivity index (χ0) is 14.1. The molecule has 4 rings (SSSR count). The molecule has 0 radical (unpaired) electrons. The maximum Gasteiger partial charge on any atom is 0.165 e. The summed E-state index contributed by atoms with van der Waals surface area (Å²) in [6.07, 6.45) is 6.79. The van der Waals surface area contributed by atoms with Gasteiger partial charge in [0.25, 0.3) is 0 Å². The number of hydrogen-bond donors (Lipinski definition) is 0. The van der Waals surface area contributed by atoms with E-state index in [0.29, 0.717) is 0 Å². The van der Waals surface area contributed by atoms with Gasteiger partial charge in [-0.25, -0.2) is 15.0 Å². The van der Waals surface area contributed by atoms with Crippen molar-refractivity contribution >= 4 is 11.2 Å².